The Labute approximate surface area is 127 Å². The number of hydrogen-bond donors (Lipinski definition) is 1. The van der Waals surface area contributed by atoms with Crippen LogP contribution in [0.3, 0.4) is 0 Å². The van der Waals surface area contributed by atoms with Crippen molar-refractivity contribution in [3.63, 3.8) is 0 Å². The first-order valence-electron chi connectivity index (χ1n) is 7.50. The zero-order chi connectivity index (χ0) is 15.2. The summed E-state index contributed by atoms with van der Waals surface area (Å²) in [4.78, 5) is 11.4. The molecule has 2 aromatic rings. The summed E-state index contributed by atoms with van der Waals surface area (Å²) >= 11 is 0. The Morgan fingerprint density at radius 1 is 1.19 bits per heavy atom. The molecule has 4 heteroatoms. The minimum Gasteiger partial charge on any atom is -0.365 e. The molecule has 0 saturated heterocycles. The number of aromatic nitrogens is 2. The van der Waals surface area contributed by atoms with Gasteiger partial charge in [-0.1, -0.05) is 44.2 Å². The predicted molar refractivity (Wildman–Crippen MR) is 87.2 cm³/mol. The van der Waals surface area contributed by atoms with E-state index in [1.54, 1.807) is 0 Å². The first-order chi connectivity index (χ1) is 10.2. The molecule has 0 spiro atoms. The Hall–Kier alpha value is -1.94. The van der Waals surface area contributed by atoms with Crippen molar-refractivity contribution in [2.45, 2.75) is 39.8 Å². The summed E-state index contributed by atoms with van der Waals surface area (Å²) in [6.45, 7) is 8.50. The van der Waals surface area contributed by atoms with Gasteiger partial charge in [0.2, 0.25) is 0 Å². The normalized spacial score (nSPS) is 10.9. The maximum absolute atomic E-state index is 5.89. The maximum Gasteiger partial charge on any atom is 0.131 e. The van der Waals surface area contributed by atoms with Crippen LogP contribution < -0.4 is 10.6 Å². The Bertz CT molecular complexity index is 566. The number of benzene rings is 1. The van der Waals surface area contributed by atoms with Crippen molar-refractivity contribution < 1.29 is 0 Å². The fourth-order valence-corrected chi connectivity index (χ4v) is 2.29. The number of nitrogens with two attached hydrogens (primary N) is 1. The van der Waals surface area contributed by atoms with Crippen LogP contribution in [0.5, 0.6) is 0 Å². The first-order valence-corrected chi connectivity index (χ1v) is 7.50. The third-order valence-corrected chi connectivity index (χ3v) is 3.51. The van der Waals surface area contributed by atoms with Crippen molar-refractivity contribution in [3.05, 3.63) is 53.6 Å². The Morgan fingerprint density at radius 2 is 1.90 bits per heavy atom. The van der Waals surface area contributed by atoms with Gasteiger partial charge in [-0.2, -0.15) is 0 Å². The van der Waals surface area contributed by atoms with Crippen LogP contribution in [0.2, 0.25) is 0 Å². The van der Waals surface area contributed by atoms with E-state index in [1.165, 1.54) is 5.56 Å². The quantitative estimate of drug-likeness (QED) is 0.885. The molecule has 0 aliphatic carbocycles. The highest BCUT2D eigenvalue weighted by Crippen LogP contribution is 2.22. The van der Waals surface area contributed by atoms with Crippen molar-refractivity contribution >= 4 is 5.69 Å². The van der Waals surface area contributed by atoms with Gasteiger partial charge in [0.05, 0.1) is 17.6 Å². The molecule has 1 aromatic heterocycles. The lowest BCUT2D eigenvalue weighted by atomic mass is 10.1. The highest BCUT2D eigenvalue weighted by Gasteiger charge is 2.14. The highest BCUT2D eigenvalue weighted by molar-refractivity contribution is 5.49. The van der Waals surface area contributed by atoms with Gasteiger partial charge in [-0.05, 0) is 12.5 Å². The summed E-state index contributed by atoms with van der Waals surface area (Å²) in [5.41, 5.74) is 9.12. The van der Waals surface area contributed by atoms with Crippen molar-refractivity contribution in [1.29, 1.82) is 0 Å². The summed E-state index contributed by atoms with van der Waals surface area (Å²) in [6, 6.07) is 10.4. The average Bonchev–Trinajstić information content (AvgIpc) is 2.53. The van der Waals surface area contributed by atoms with Crippen molar-refractivity contribution in [2.75, 3.05) is 11.4 Å². The molecule has 0 bridgehead atoms. The molecule has 0 atom stereocenters. The molecule has 2 rings (SSSR count). The predicted octanol–water partition coefficient (Wildman–Crippen LogP) is 3.09. The first kappa shape index (κ1) is 15.4. The van der Waals surface area contributed by atoms with E-state index in [9.17, 15) is 0 Å². The molecule has 0 aliphatic heterocycles. The third kappa shape index (κ3) is 3.79. The van der Waals surface area contributed by atoms with E-state index in [4.69, 9.17) is 5.73 Å². The molecule has 0 saturated carbocycles. The number of nitrogens with zero attached hydrogens (tertiary/aromatic N) is 3. The number of rotatable bonds is 6. The summed E-state index contributed by atoms with van der Waals surface area (Å²) < 4.78 is 0. The fourth-order valence-electron chi connectivity index (χ4n) is 2.29. The highest BCUT2D eigenvalue weighted by atomic mass is 15.1. The Kier molecular flexibility index (Phi) is 5.28. The van der Waals surface area contributed by atoms with Gasteiger partial charge in [0.25, 0.3) is 0 Å². The maximum atomic E-state index is 5.89. The lowest BCUT2D eigenvalue weighted by Gasteiger charge is -2.25. The van der Waals surface area contributed by atoms with Crippen LogP contribution in [0.4, 0.5) is 5.69 Å². The zero-order valence-electron chi connectivity index (χ0n) is 13.1. The molecule has 0 fully saturated rings. The Balaban J connectivity index is 2.29. The van der Waals surface area contributed by atoms with Gasteiger partial charge >= 0.3 is 0 Å². The second-order valence-corrected chi connectivity index (χ2v) is 5.42. The van der Waals surface area contributed by atoms with Gasteiger partial charge in [0, 0.05) is 25.6 Å². The van der Waals surface area contributed by atoms with Gasteiger partial charge in [-0.15, -0.1) is 0 Å². The standard InChI is InChI=1S/C17H24N4/c1-4-21(12-14-8-6-5-7-9-14)16-11-19-17(13(2)3)20-15(16)10-18/h5-9,11,13H,4,10,12,18H2,1-3H3. The molecule has 21 heavy (non-hydrogen) atoms. The summed E-state index contributed by atoms with van der Waals surface area (Å²) in [5, 5.41) is 0. The molecular weight excluding hydrogens is 260 g/mol. The van der Waals surface area contributed by atoms with Gasteiger partial charge in [-0.3, -0.25) is 0 Å². The lowest BCUT2D eigenvalue weighted by Crippen LogP contribution is -2.25. The molecule has 1 aromatic carbocycles. The second kappa shape index (κ2) is 7.18. The van der Waals surface area contributed by atoms with E-state index >= 15 is 0 Å². The van der Waals surface area contributed by atoms with E-state index < -0.39 is 0 Å². The van der Waals surface area contributed by atoms with Crippen LogP contribution in [0.15, 0.2) is 36.5 Å². The zero-order valence-corrected chi connectivity index (χ0v) is 13.1. The van der Waals surface area contributed by atoms with Gasteiger partial charge < -0.3 is 10.6 Å². The van der Waals surface area contributed by atoms with Crippen LogP contribution in [-0.4, -0.2) is 16.5 Å². The van der Waals surface area contributed by atoms with Crippen molar-refractivity contribution in [2.24, 2.45) is 5.73 Å². The molecule has 112 valence electrons. The Morgan fingerprint density at radius 3 is 2.48 bits per heavy atom. The van der Waals surface area contributed by atoms with Crippen LogP contribution in [0.1, 0.15) is 43.8 Å². The van der Waals surface area contributed by atoms with Crippen molar-refractivity contribution in [3.8, 4) is 0 Å². The van der Waals surface area contributed by atoms with Crippen molar-refractivity contribution in [1.82, 2.24) is 9.97 Å². The van der Waals surface area contributed by atoms with Gasteiger partial charge in [0.1, 0.15) is 5.82 Å². The lowest BCUT2D eigenvalue weighted by molar-refractivity contribution is 0.739. The van der Waals surface area contributed by atoms with E-state index in [0.29, 0.717) is 12.5 Å². The van der Waals surface area contributed by atoms with Crippen LogP contribution in [0.25, 0.3) is 0 Å². The van der Waals surface area contributed by atoms with Gasteiger partial charge in [-0.25, -0.2) is 9.97 Å². The number of anilines is 1. The third-order valence-electron chi connectivity index (χ3n) is 3.51. The fraction of sp³-hybridized carbons (Fsp3) is 0.412. The molecule has 2 N–H and O–H groups in total. The van der Waals surface area contributed by atoms with Crippen LogP contribution in [0, 0.1) is 0 Å². The summed E-state index contributed by atoms with van der Waals surface area (Å²) in [7, 11) is 0. The van der Waals surface area contributed by atoms with Crippen LogP contribution in [-0.2, 0) is 13.1 Å². The smallest absolute Gasteiger partial charge is 0.131 e. The second-order valence-electron chi connectivity index (χ2n) is 5.42. The van der Waals surface area contributed by atoms with E-state index in [2.05, 4.69) is 59.9 Å². The molecule has 0 radical (unpaired) electrons. The summed E-state index contributed by atoms with van der Waals surface area (Å²) in [5.74, 6) is 1.17. The monoisotopic (exact) mass is 284 g/mol. The number of hydrogen-bond acceptors (Lipinski definition) is 4. The minimum absolute atomic E-state index is 0.313. The average molecular weight is 284 g/mol. The van der Waals surface area contributed by atoms with E-state index in [0.717, 1.165) is 30.3 Å². The molecule has 0 aliphatic rings. The molecule has 0 amide bonds. The summed E-state index contributed by atoms with van der Waals surface area (Å²) in [6.07, 6.45) is 1.91. The molecule has 0 unspecified atom stereocenters. The molecule has 1 heterocycles. The molecular formula is C17H24N4. The van der Waals surface area contributed by atoms with E-state index in [1.807, 2.05) is 12.3 Å². The molecule has 4 nitrogen and oxygen atoms in total. The SMILES string of the molecule is CCN(Cc1ccccc1)c1cnc(C(C)C)nc1CN. The largest absolute Gasteiger partial charge is 0.365 e. The topological polar surface area (TPSA) is 55.0 Å². The van der Waals surface area contributed by atoms with Gasteiger partial charge in [0.15, 0.2) is 0 Å². The van der Waals surface area contributed by atoms with Crippen LogP contribution >= 0.6 is 0 Å². The van der Waals surface area contributed by atoms with E-state index in [-0.39, 0.29) is 0 Å². The minimum atomic E-state index is 0.313.